The Labute approximate surface area is 162 Å². The predicted molar refractivity (Wildman–Crippen MR) is 104 cm³/mol. The molecule has 28 heavy (non-hydrogen) atoms. The Hall–Kier alpha value is -3.46. The number of nitrogens with zero attached hydrogens (tertiary/aromatic N) is 3. The van der Waals surface area contributed by atoms with Gasteiger partial charge in [-0.15, -0.1) is 0 Å². The van der Waals surface area contributed by atoms with Crippen molar-refractivity contribution < 1.29 is 9.53 Å². The molecule has 140 valence electrons. The van der Waals surface area contributed by atoms with Gasteiger partial charge in [-0.2, -0.15) is 5.26 Å². The van der Waals surface area contributed by atoms with Crippen LogP contribution in [0.3, 0.4) is 0 Å². The summed E-state index contributed by atoms with van der Waals surface area (Å²) in [4.78, 5) is 29.6. The highest BCUT2D eigenvalue weighted by atomic mass is 16.5. The Morgan fingerprint density at radius 3 is 2.82 bits per heavy atom. The van der Waals surface area contributed by atoms with Crippen LogP contribution in [0.5, 0.6) is 0 Å². The zero-order valence-corrected chi connectivity index (χ0v) is 15.3. The second kappa shape index (κ2) is 7.65. The van der Waals surface area contributed by atoms with Crippen LogP contribution in [0.15, 0.2) is 53.3 Å². The molecule has 2 aromatic carbocycles. The van der Waals surface area contributed by atoms with Crippen molar-refractivity contribution in [2.75, 3.05) is 0 Å². The van der Waals surface area contributed by atoms with Crippen LogP contribution in [0.25, 0.3) is 10.9 Å². The van der Waals surface area contributed by atoms with Crippen LogP contribution < -0.4 is 5.56 Å². The number of para-hydroxylation sites is 1. The van der Waals surface area contributed by atoms with Gasteiger partial charge in [-0.25, -0.2) is 4.98 Å². The van der Waals surface area contributed by atoms with Crippen LogP contribution in [-0.2, 0) is 22.6 Å². The molecular formula is C22H19N3O3. The highest BCUT2D eigenvalue weighted by molar-refractivity contribution is 5.77. The lowest BCUT2D eigenvalue weighted by Gasteiger charge is -2.12. The molecule has 0 radical (unpaired) electrons. The number of aromatic nitrogens is 2. The summed E-state index contributed by atoms with van der Waals surface area (Å²) < 4.78 is 7.06. The predicted octanol–water partition coefficient (Wildman–Crippen LogP) is 3.28. The van der Waals surface area contributed by atoms with Gasteiger partial charge in [0, 0.05) is 12.5 Å². The largest absolute Gasteiger partial charge is 0.461 e. The summed E-state index contributed by atoms with van der Waals surface area (Å²) in [6, 6.07) is 16.5. The number of hydrogen-bond acceptors (Lipinski definition) is 5. The number of esters is 1. The van der Waals surface area contributed by atoms with E-state index in [4.69, 9.17) is 10.00 Å². The lowest BCUT2D eigenvalue weighted by molar-refractivity contribution is -0.144. The molecule has 0 amide bonds. The lowest BCUT2D eigenvalue weighted by atomic mass is 10.1. The van der Waals surface area contributed by atoms with E-state index in [1.807, 2.05) is 24.3 Å². The first-order valence-corrected chi connectivity index (χ1v) is 9.30. The van der Waals surface area contributed by atoms with Gasteiger partial charge in [-0.1, -0.05) is 24.3 Å². The summed E-state index contributed by atoms with van der Waals surface area (Å²) in [5.41, 5.74) is 1.92. The number of carbonyl (C=O) groups is 1. The molecule has 0 saturated heterocycles. The highest BCUT2D eigenvalue weighted by Gasteiger charge is 2.28. The van der Waals surface area contributed by atoms with E-state index in [2.05, 4.69) is 11.1 Å². The van der Waals surface area contributed by atoms with Crippen molar-refractivity contribution in [3.8, 4) is 6.07 Å². The topological polar surface area (TPSA) is 85.0 Å². The number of ether oxygens (including phenoxy) is 1. The van der Waals surface area contributed by atoms with E-state index in [1.54, 1.807) is 28.8 Å². The van der Waals surface area contributed by atoms with Gasteiger partial charge in [-0.05, 0) is 42.7 Å². The zero-order chi connectivity index (χ0) is 19.5. The van der Waals surface area contributed by atoms with Gasteiger partial charge in [0.05, 0.1) is 29.0 Å². The van der Waals surface area contributed by atoms with Crippen LogP contribution in [0, 0.1) is 11.3 Å². The fourth-order valence-electron chi connectivity index (χ4n) is 3.26. The average molecular weight is 373 g/mol. The average Bonchev–Trinajstić information content (AvgIpc) is 3.56. The molecule has 0 N–H and O–H groups in total. The van der Waals surface area contributed by atoms with Gasteiger partial charge >= 0.3 is 5.97 Å². The van der Waals surface area contributed by atoms with Crippen LogP contribution in [0.2, 0.25) is 0 Å². The minimum atomic E-state index is -0.355. The summed E-state index contributed by atoms with van der Waals surface area (Å²) in [6.07, 6.45) is 2.43. The SMILES string of the molecule is N#Cc1cccc(COC(=O)CCc2nc3ccccc3c(=O)n2C2CC2)c1. The quantitative estimate of drug-likeness (QED) is 0.619. The number of carbonyl (C=O) groups excluding carboxylic acids is 1. The molecule has 0 bridgehead atoms. The van der Waals surface area contributed by atoms with Crippen molar-refractivity contribution in [2.45, 2.75) is 38.3 Å². The molecule has 3 aromatic rings. The number of aryl methyl sites for hydroxylation is 1. The van der Waals surface area contributed by atoms with Crippen molar-refractivity contribution in [3.05, 3.63) is 75.8 Å². The molecule has 1 saturated carbocycles. The summed E-state index contributed by atoms with van der Waals surface area (Å²) in [5.74, 6) is 0.279. The van der Waals surface area contributed by atoms with E-state index in [0.29, 0.717) is 28.7 Å². The second-order valence-corrected chi connectivity index (χ2v) is 6.92. The minimum absolute atomic E-state index is 0.0372. The Morgan fingerprint density at radius 1 is 1.21 bits per heavy atom. The van der Waals surface area contributed by atoms with E-state index in [-0.39, 0.29) is 30.6 Å². The smallest absolute Gasteiger partial charge is 0.306 e. The highest BCUT2D eigenvalue weighted by Crippen LogP contribution is 2.34. The summed E-state index contributed by atoms with van der Waals surface area (Å²) in [5, 5.41) is 9.54. The van der Waals surface area contributed by atoms with E-state index < -0.39 is 0 Å². The molecule has 1 aromatic heterocycles. The number of benzene rings is 2. The van der Waals surface area contributed by atoms with Gasteiger partial charge in [0.25, 0.3) is 5.56 Å². The van der Waals surface area contributed by atoms with Gasteiger partial charge in [0.2, 0.25) is 0 Å². The van der Waals surface area contributed by atoms with Crippen molar-refractivity contribution >= 4 is 16.9 Å². The lowest BCUT2D eigenvalue weighted by Crippen LogP contribution is -2.25. The zero-order valence-electron chi connectivity index (χ0n) is 15.3. The molecule has 6 nitrogen and oxygen atoms in total. The second-order valence-electron chi connectivity index (χ2n) is 6.92. The van der Waals surface area contributed by atoms with Crippen LogP contribution in [0.1, 0.15) is 42.3 Å². The first-order chi connectivity index (χ1) is 13.7. The first kappa shape index (κ1) is 17.9. The summed E-state index contributed by atoms with van der Waals surface area (Å²) >= 11 is 0. The third-order valence-electron chi connectivity index (χ3n) is 4.80. The molecule has 1 aliphatic rings. The van der Waals surface area contributed by atoms with Gasteiger partial charge < -0.3 is 4.74 Å². The summed E-state index contributed by atoms with van der Waals surface area (Å²) in [6.45, 7) is 0.120. The van der Waals surface area contributed by atoms with Gasteiger partial charge in [0.1, 0.15) is 12.4 Å². The van der Waals surface area contributed by atoms with E-state index >= 15 is 0 Å². The third-order valence-corrected chi connectivity index (χ3v) is 4.80. The maximum absolute atomic E-state index is 12.8. The Kier molecular flexibility index (Phi) is 4.90. The number of fused-ring (bicyclic) bond motifs is 1. The third kappa shape index (κ3) is 3.79. The van der Waals surface area contributed by atoms with Crippen molar-refractivity contribution in [3.63, 3.8) is 0 Å². The van der Waals surface area contributed by atoms with Gasteiger partial charge in [0.15, 0.2) is 0 Å². The minimum Gasteiger partial charge on any atom is -0.461 e. The van der Waals surface area contributed by atoms with Crippen molar-refractivity contribution in [2.24, 2.45) is 0 Å². The molecule has 1 fully saturated rings. The monoisotopic (exact) mass is 373 g/mol. The normalized spacial score (nSPS) is 13.2. The fourth-order valence-corrected chi connectivity index (χ4v) is 3.26. The molecule has 6 heteroatoms. The Balaban J connectivity index is 1.46. The number of nitriles is 1. The molecule has 0 spiro atoms. The molecule has 1 aliphatic carbocycles. The Morgan fingerprint density at radius 2 is 2.04 bits per heavy atom. The van der Waals surface area contributed by atoms with Crippen LogP contribution >= 0.6 is 0 Å². The molecule has 0 aliphatic heterocycles. The number of hydrogen-bond donors (Lipinski definition) is 0. The van der Waals surface area contributed by atoms with Gasteiger partial charge in [-0.3, -0.25) is 14.2 Å². The summed E-state index contributed by atoms with van der Waals surface area (Å²) in [7, 11) is 0. The molecule has 1 heterocycles. The fraction of sp³-hybridized carbons (Fsp3) is 0.273. The van der Waals surface area contributed by atoms with E-state index in [9.17, 15) is 9.59 Å². The van der Waals surface area contributed by atoms with Crippen molar-refractivity contribution in [1.82, 2.24) is 9.55 Å². The van der Waals surface area contributed by atoms with Crippen LogP contribution in [-0.4, -0.2) is 15.5 Å². The van der Waals surface area contributed by atoms with Crippen LogP contribution in [0.4, 0.5) is 0 Å². The molecule has 0 unspecified atom stereocenters. The van der Waals surface area contributed by atoms with E-state index in [0.717, 1.165) is 18.4 Å². The maximum Gasteiger partial charge on any atom is 0.306 e. The maximum atomic E-state index is 12.8. The van der Waals surface area contributed by atoms with Crippen molar-refractivity contribution in [1.29, 1.82) is 5.26 Å². The Bertz CT molecular complexity index is 1140. The molecular weight excluding hydrogens is 354 g/mol. The first-order valence-electron chi connectivity index (χ1n) is 9.30. The van der Waals surface area contributed by atoms with E-state index in [1.165, 1.54) is 0 Å². The number of rotatable bonds is 6. The standard InChI is InChI=1S/C22H19N3O3/c23-13-15-4-3-5-16(12-15)14-28-21(26)11-10-20-24-19-7-2-1-6-18(19)22(27)25(20)17-8-9-17/h1-7,12,17H,8-11,14H2. The molecule has 0 atom stereocenters. The molecule has 4 rings (SSSR count).